The zero-order valence-electron chi connectivity index (χ0n) is 20.5. The van der Waals surface area contributed by atoms with E-state index in [9.17, 15) is 18.0 Å². The molecule has 3 rings (SSSR count). The Hall–Kier alpha value is -3.27. The molecular weight excluding hydrogens is 537 g/mol. The van der Waals surface area contributed by atoms with Gasteiger partial charge in [-0.2, -0.15) is 0 Å². The standard InChI is InChI=1S/C26H27Cl2N3O5S/c1-18(26(33)29-2)30(16-19-6-4-7-20(27)14-19)25(32)17-31(22-9-5-8-21(28)15-22)37(34,35)24-12-10-23(36-3)11-13-24/h4-15,18H,16-17H2,1-3H3,(H,29,33). The van der Waals surface area contributed by atoms with Crippen LogP contribution in [0.4, 0.5) is 5.69 Å². The summed E-state index contributed by atoms with van der Waals surface area (Å²) >= 11 is 12.3. The van der Waals surface area contributed by atoms with E-state index in [0.717, 1.165) is 4.31 Å². The average molecular weight is 564 g/mol. The first-order valence-corrected chi connectivity index (χ1v) is 13.4. The molecule has 0 saturated carbocycles. The van der Waals surface area contributed by atoms with Crippen LogP contribution in [0.15, 0.2) is 77.7 Å². The number of carbonyl (C=O) groups excluding carboxylic acids is 2. The van der Waals surface area contributed by atoms with Crippen molar-refractivity contribution in [3.63, 3.8) is 0 Å². The summed E-state index contributed by atoms with van der Waals surface area (Å²) in [6, 6.07) is 18.0. The molecule has 0 heterocycles. The number of halogens is 2. The Labute approximate surface area is 226 Å². The quantitative estimate of drug-likeness (QED) is 0.395. The van der Waals surface area contributed by atoms with Crippen LogP contribution in [-0.2, 0) is 26.2 Å². The molecule has 0 bridgehead atoms. The lowest BCUT2D eigenvalue weighted by Crippen LogP contribution is -2.50. The molecule has 0 aromatic heterocycles. The Morgan fingerprint density at radius 2 is 1.59 bits per heavy atom. The monoisotopic (exact) mass is 563 g/mol. The zero-order chi connectivity index (χ0) is 27.2. The Bertz CT molecular complexity index is 1370. The normalized spacial score (nSPS) is 11.9. The number of ether oxygens (including phenoxy) is 1. The predicted octanol–water partition coefficient (Wildman–Crippen LogP) is 4.36. The van der Waals surface area contributed by atoms with Gasteiger partial charge in [-0.1, -0.05) is 41.4 Å². The third kappa shape index (κ3) is 6.94. The first-order chi connectivity index (χ1) is 17.6. The van der Waals surface area contributed by atoms with Crippen molar-refractivity contribution in [1.29, 1.82) is 0 Å². The molecule has 0 spiro atoms. The Balaban J connectivity index is 2.03. The second kappa shape index (κ2) is 12.3. The summed E-state index contributed by atoms with van der Waals surface area (Å²) in [7, 11) is -1.27. The topological polar surface area (TPSA) is 96.0 Å². The maximum absolute atomic E-state index is 13.7. The molecule has 0 aliphatic rings. The molecule has 1 unspecified atom stereocenters. The molecule has 1 atom stereocenters. The van der Waals surface area contributed by atoms with Gasteiger partial charge in [0.25, 0.3) is 10.0 Å². The average Bonchev–Trinajstić information content (AvgIpc) is 2.89. The molecule has 37 heavy (non-hydrogen) atoms. The highest BCUT2D eigenvalue weighted by Gasteiger charge is 2.32. The van der Waals surface area contributed by atoms with Crippen molar-refractivity contribution in [2.45, 2.75) is 24.4 Å². The van der Waals surface area contributed by atoms with Crippen molar-refractivity contribution in [1.82, 2.24) is 10.2 Å². The molecule has 0 radical (unpaired) electrons. The zero-order valence-corrected chi connectivity index (χ0v) is 22.8. The van der Waals surface area contributed by atoms with E-state index < -0.39 is 34.4 Å². The smallest absolute Gasteiger partial charge is 0.264 e. The van der Waals surface area contributed by atoms with Gasteiger partial charge in [0.2, 0.25) is 11.8 Å². The van der Waals surface area contributed by atoms with Crippen molar-refractivity contribution in [2.24, 2.45) is 0 Å². The van der Waals surface area contributed by atoms with E-state index in [4.69, 9.17) is 27.9 Å². The number of anilines is 1. The molecule has 0 fully saturated rings. The van der Waals surface area contributed by atoms with Crippen LogP contribution in [0.3, 0.4) is 0 Å². The number of sulfonamides is 1. The molecule has 3 aromatic carbocycles. The number of nitrogens with one attached hydrogen (secondary N) is 1. The van der Waals surface area contributed by atoms with Gasteiger partial charge < -0.3 is 15.0 Å². The number of methoxy groups -OCH3 is 1. The van der Waals surface area contributed by atoms with Crippen molar-refractivity contribution in [3.05, 3.63) is 88.4 Å². The molecule has 0 aliphatic heterocycles. The first-order valence-electron chi connectivity index (χ1n) is 11.2. The Morgan fingerprint density at radius 3 is 2.16 bits per heavy atom. The van der Waals surface area contributed by atoms with Crippen molar-refractivity contribution >= 4 is 50.7 Å². The van der Waals surface area contributed by atoms with Crippen molar-refractivity contribution in [2.75, 3.05) is 25.0 Å². The summed E-state index contributed by atoms with van der Waals surface area (Å²) in [5.41, 5.74) is 0.885. The summed E-state index contributed by atoms with van der Waals surface area (Å²) in [6.07, 6.45) is 0. The molecule has 3 aromatic rings. The van der Waals surface area contributed by atoms with Gasteiger partial charge in [0.15, 0.2) is 0 Å². The van der Waals surface area contributed by atoms with Gasteiger partial charge >= 0.3 is 0 Å². The summed E-state index contributed by atoms with van der Waals surface area (Å²) in [5, 5.41) is 3.31. The maximum Gasteiger partial charge on any atom is 0.264 e. The highest BCUT2D eigenvalue weighted by Crippen LogP contribution is 2.28. The summed E-state index contributed by atoms with van der Waals surface area (Å²) < 4.78 is 33.6. The van der Waals surface area contributed by atoms with Gasteiger partial charge in [-0.3, -0.25) is 13.9 Å². The van der Waals surface area contributed by atoms with Gasteiger partial charge in [0, 0.05) is 23.6 Å². The van der Waals surface area contributed by atoms with Crippen LogP contribution in [0.1, 0.15) is 12.5 Å². The number of carbonyl (C=O) groups is 2. The Kier molecular flexibility index (Phi) is 9.42. The second-order valence-electron chi connectivity index (χ2n) is 8.11. The number of nitrogens with zero attached hydrogens (tertiary/aromatic N) is 2. The van der Waals surface area contributed by atoms with Crippen LogP contribution in [0.5, 0.6) is 5.75 Å². The fraction of sp³-hybridized carbons (Fsp3) is 0.231. The number of rotatable bonds is 10. The maximum atomic E-state index is 13.7. The number of benzene rings is 3. The molecule has 8 nitrogen and oxygen atoms in total. The van der Waals surface area contributed by atoms with Gasteiger partial charge in [-0.15, -0.1) is 0 Å². The van der Waals surface area contributed by atoms with E-state index in [0.29, 0.717) is 21.4 Å². The van der Waals surface area contributed by atoms with Crippen LogP contribution in [0.2, 0.25) is 10.0 Å². The summed E-state index contributed by atoms with van der Waals surface area (Å²) in [5.74, 6) is -0.507. The molecule has 0 saturated heterocycles. The van der Waals surface area contributed by atoms with E-state index in [1.54, 1.807) is 49.4 Å². The second-order valence-corrected chi connectivity index (χ2v) is 10.8. The molecule has 2 amide bonds. The third-order valence-electron chi connectivity index (χ3n) is 5.68. The van der Waals surface area contributed by atoms with E-state index in [1.807, 2.05) is 0 Å². The number of hydrogen-bond donors (Lipinski definition) is 1. The Morgan fingerprint density at radius 1 is 0.973 bits per heavy atom. The van der Waals surface area contributed by atoms with Gasteiger partial charge in [0.05, 0.1) is 17.7 Å². The van der Waals surface area contributed by atoms with Crippen LogP contribution < -0.4 is 14.4 Å². The van der Waals surface area contributed by atoms with Crippen LogP contribution in [-0.4, -0.2) is 51.9 Å². The predicted molar refractivity (Wildman–Crippen MR) is 145 cm³/mol. The molecule has 11 heteroatoms. The molecule has 1 N–H and O–H groups in total. The summed E-state index contributed by atoms with van der Waals surface area (Å²) in [6.45, 7) is 1.04. The number of hydrogen-bond acceptors (Lipinski definition) is 5. The highest BCUT2D eigenvalue weighted by atomic mass is 35.5. The van der Waals surface area contributed by atoms with E-state index in [2.05, 4.69) is 5.32 Å². The van der Waals surface area contributed by atoms with Gasteiger partial charge in [0.1, 0.15) is 18.3 Å². The van der Waals surface area contributed by atoms with Crippen molar-refractivity contribution < 1.29 is 22.7 Å². The minimum Gasteiger partial charge on any atom is -0.497 e. The largest absolute Gasteiger partial charge is 0.497 e. The first kappa shape index (κ1) is 28.3. The molecule has 196 valence electrons. The highest BCUT2D eigenvalue weighted by molar-refractivity contribution is 7.92. The molecular formula is C26H27Cl2N3O5S. The minimum absolute atomic E-state index is 0.0400. The fourth-order valence-electron chi connectivity index (χ4n) is 3.66. The third-order valence-corrected chi connectivity index (χ3v) is 7.94. The van der Waals surface area contributed by atoms with Gasteiger partial charge in [-0.25, -0.2) is 8.42 Å². The van der Waals surface area contributed by atoms with E-state index in [-0.39, 0.29) is 17.1 Å². The van der Waals surface area contributed by atoms with Crippen molar-refractivity contribution in [3.8, 4) is 5.75 Å². The summed E-state index contributed by atoms with van der Waals surface area (Å²) in [4.78, 5) is 27.5. The fourth-order valence-corrected chi connectivity index (χ4v) is 5.46. The van der Waals surface area contributed by atoms with Crippen LogP contribution in [0.25, 0.3) is 0 Å². The minimum atomic E-state index is -4.21. The lowest BCUT2D eigenvalue weighted by molar-refractivity contribution is -0.139. The molecule has 0 aliphatic carbocycles. The van der Waals surface area contributed by atoms with E-state index in [1.165, 1.54) is 49.4 Å². The van der Waals surface area contributed by atoms with Crippen LogP contribution >= 0.6 is 23.2 Å². The number of amides is 2. The van der Waals surface area contributed by atoms with E-state index >= 15 is 0 Å². The number of likely N-dealkylation sites (N-methyl/N-ethyl adjacent to an activating group) is 1. The lowest BCUT2D eigenvalue weighted by atomic mass is 10.1. The SMILES string of the molecule is CNC(=O)C(C)N(Cc1cccc(Cl)c1)C(=O)CN(c1cccc(Cl)c1)S(=O)(=O)c1ccc(OC)cc1. The van der Waals surface area contributed by atoms with Crippen LogP contribution in [0, 0.1) is 0 Å². The lowest BCUT2D eigenvalue weighted by Gasteiger charge is -2.31. The van der Waals surface area contributed by atoms with Gasteiger partial charge in [-0.05, 0) is 67.1 Å².